The van der Waals surface area contributed by atoms with E-state index in [2.05, 4.69) is 64.3 Å². The lowest BCUT2D eigenvalue weighted by molar-refractivity contribution is -0.119. The third-order valence-corrected chi connectivity index (χ3v) is 8.53. The highest BCUT2D eigenvalue weighted by atomic mass is 32.2. The number of anilines is 1. The van der Waals surface area contributed by atoms with Crippen LogP contribution in [0.4, 0.5) is 5.69 Å². The van der Waals surface area contributed by atoms with Gasteiger partial charge in [-0.05, 0) is 77.9 Å². The molecule has 2 aliphatic rings. The van der Waals surface area contributed by atoms with Crippen LogP contribution >= 0.6 is 11.9 Å². The second-order valence-electron chi connectivity index (χ2n) is 11.9. The summed E-state index contributed by atoms with van der Waals surface area (Å²) in [6, 6.07) is 6.97. The summed E-state index contributed by atoms with van der Waals surface area (Å²) < 4.78 is 2.52. The van der Waals surface area contributed by atoms with Gasteiger partial charge in [-0.15, -0.1) is 0 Å². The van der Waals surface area contributed by atoms with Gasteiger partial charge in [0, 0.05) is 41.7 Å². The second kappa shape index (κ2) is 8.81. The van der Waals surface area contributed by atoms with Gasteiger partial charge >= 0.3 is 0 Å². The molecule has 1 amide bonds. The van der Waals surface area contributed by atoms with Crippen molar-refractivity contribution in [1.82, 2.24) is 4.57 Å². The van der Waals surface area contributed by atoms with Crippen molar-refractivity contribution >= 4 is 23.5 Å². The lowest BCUT2D eigenvalue weighted by Gasteiger charge is -2.41. The summed E-state index contributed by atoms with van der Waals surface area (Å²) in [5.41, 5.74) is 7.11. The highest BCUT2D eigenvalue weighted by molar-refractivity contribution is 7.97. The monoisotopic (exact) mass is 467 g/mol. The molecule has 5 heteroatoms. The van der Waals surface area contributed by atoms with Crippen LogP contribution in [0.2, 0.25) is 0 Å². The van der Waals surface area contributed by atoms with Crippen molar-refractivity contribution < 1.29 is 4.79 Å². The maximum Gasteiger partial charge on any atom is 0.227 e. The molecule has 1 aliphatic heterocycles. The van der Waals surface area contributed by atoms with Crippen molar-refractivity contribution in [3.05, 3.63) is 35.0 Å². The fraction of sp³-hybridized carbons (Fsp3) is 0.607. The number of carbonyl (C=O) groups excluding carboxylic acids is 1. The van der Waals surface area contributed by atoms with E-state index in [1.165, 1.54) is 72.1 Å². The third-order valence-electron chi connectivity index (χ3n) is 7.86. The Morgan fingerprint density at radius 2 is 1.79 bits per heavy atom. The molecule has 2 heterocycles. The predicted octanol–water partition coefficient (Wildman–Crippen LogP) is 6.95. The van der Waals surface area contributed by atoms with Crippen LogP contribution in [0.1, 0.15) is 90.0 Å². The minimum absolute atomic E-state index is 0.0800. The van der Waals surface area contributed by atoms with Crippen molar-refractivity contribution in [2.24, 2.45) is 11.1 Å². The van der Waals surface area contributed by atoms with Crippen LogP contribution in [0.25, 0.3) is 11.3 Å². The molecule has 0 spiro atoms. The van der Waals surface area contributed by atoms with E-state index in [-0.39, 0.29) is 16.7 Å². The summed E-state index contributed by atoms with van der Waals surface area (Å²) in [7, 11) is 1.93. The first-order chi connectivity index (χ1) is 15.4. The molecule has 4 rings (SSSR count). The average molecular weight is 468 g/mol. The van der Waals surface area contributed by atoms with E-state index < -0.39 is 0 Å². The van der Waals surface area contributed by atoms with Gasteiger partial charge in [0.1, 0.15) is 0 Å². The minimum Gasteiger partial charge on any atom is -0.343 e. The SMILES string of the molecule is Cc1c(SN)cc(-c2cc(C(C)(C)C)c3c(c2)C(C)(C)CC(=O)N3C)n1CC1CCCCC1. The highest BCUT2D eigenvalue weighted by Gasteiger charge is 2.39. The zero-order chi connectivity index (χ0) is 24.1. The van der Waals surface area contributed by atoms with Crippen molar-refractivity contribution in [2.75, 3.05) is 11.9 Å². The van der Waals surface area contributed by atoms with Gasteiger partial charge in [0.15, 0.2) is 0 Å². The minimum atomic E-state index is -0.198. The fourth-order valence-electron chi connectivity index (χ4n) is 5.79. The molecule has 1 saturated carbocycles. The molecule has 1 fully saturated rings. The lowest BCUT2D eigenvalue weighted by Crippen LogP contribution is -2.41. The van der Waals surface area contributed by atoms with E-state index in [0.717, 1.165) is 23.0 Å². The molecule has 0 saturated heterocycles. The van der Waals surface area contributed by atoms with Gasteiger partial charge in [-0.3, -0.25) is 9.93 Å². The first-order valence-corrected chi connectivity index (χ1v) is 13.3. The van der Waals surface area contributed by atoms with Gasteiger partial charge in [0.05, 0.1) is 5.69 Å². The molecule has 4 nitrogen and oxygen atoms in total. The summed E-state index contributed by atoms with van der Waals surface area (Å²) in [6.07, 6.45) is 7.24. The Labute approximate surface area is 204 Å². The van der Waals surface area contributed by atoms with Gasteiger partial charge in [-0.1, -0.05) is 53.9 Å². The number of rotatable bonds is 4. The zero-order valence-electron chi connectivity index (χ0n) is 21.5. The number of amides is 1. The number of hydrogen-bond acceptors (Lipinski definition) is 3. The van der Waals surface area contributed by atoms with Crippen molar-refractivity contribution in [3.63, 3.8) is 0 Å². The highest BCUT2D eigenvalue weighted by Crippen LogP contribution is 2.47. The Morgan fingerprint density at radius 1 is 1.12 bits per heavy atom. The summed E-state index contributed by atoms with van der Waals surface area (Å²) in [6.45, 7) is 14.4. The van der Waals surface area contributed by atoms with Crippen molar-refractivity contribution in [2.45, 2.75) is 102 Å². The maximum atomic E-state index is 12.9. The number of nitrogens with two attached hydrogens (primary N) is 1. The molecule has 2 N–H and O–H groups in total. The van der Waals surface area contributed by atoms with Gasteiger partial charge in [-0.25, -0.2) is 0 Å². The number of carbonyl (C=O) groups is 1. The molecule has 0 unspecified atom stereocenters. The standard InChI is InChI=1S/C28H41N3OS/c1-18-24(33-29)15-23(31(18)17-19-11-9-8-10-12-19)20-13-21(27(2,3)4)26-22(14-20)28(5,6)16-25(32)30(26)7/h13-15,19H,8-12,16-17,29H2,1-7H3. The molecule has 0 atom stereocenters. The topological polar surface area (TPSA) is 51.3 Å². The molecular weight excluding hydrogens is 426 g/mol. The normalized spacial score (nSPS) is 19.2. The Hall–Kier alpha value is -1.72. The molecule has 33 heavy (non-hydrogen) atoms. The fourth-order valence-corrected chi connectivity index (χ4v) is 6.25. The first kappa shape index (κ1) is 24.4. The van der Waals surface area contributed by atoms with Crippen LogP contribution in [-0.4, -0.2) is 17.5 Å². The third kappa shape index (κ3) is 4.51. The quantitative estimate of drug-likeness (QED) is 0.495. The summed E-state index contributed by atoms with van der Waals surface area (Å²) in [5.74, 6) is 0.934. The molecule has 180 valence electrons. The molecule has 1 aromatic heterocycles. The Kier molecular flexibility index (Phi) is 6.52. The predicted molar refractivity (Wildman–Crippen MR) is 141 cm³/mol. The molecule has 1 aromatic carbocycles. The number of fused-ring (bicyclic) bond motifs is 1. The van der Waals surface area contributed by atoms with E-state index in [1.54, 1.807) is 0 Å². The molecular formula is C28H41N3OS. The van der Waals surface area contributed by atoms with Crippen molar-refractivity contribution in [3.8, 4) is 11.3 Å². The largest absolute Gasteiger partial charge is 0.343 e. The number of benzene rings is 1. The summed E-state index contributed by atoms with van der Waals surface area (Å²) >= 11 is 1.35. The molecule has 2 aromatic rings. The van der Waals surface area contributed by atoms with Gasteiger partial charge in [0.25, 0.3) is 0 Å². The van der Waals surface area contributed by atoms with Crippen LogP contribution in [0.5, 0.6) is 0 Å². The molecule has 0 bridgehead atoms. The van der Waals surface area contributed by atoms with Crippen LogP contribution in [0, 0.1) is 12.8 Å². The Balaban J connectivity index is 1.92. The van der Waals surface area contributed by atoms with Crippen LogP contribution < -0.4 is 10.0 Å². The van der Waals surface area contributed by atoms with Crippen LogP contribution in [-0.2, 0) is 22.2 Å². The van der Waals surface area contributed by atoms with Gasteiger partial charge in [-0.2, -0.15) is 0 Å². The Bertz CT molecular complexity index is 1040. The smallest absolute Gasteiger partial charge is 0.227 e. The maximum absolute atomic E-state index is 12.9. The number of aromatic nitrogens is 1. The van der Waals surface area contributed by atoms with E-state index in [1.807, 2.05) is 11.9 Å². The summed E-state index contributed by atoms with van der Waals surface area (Å²) in [4.78, 5) is 15.9. The average Bonchev–Trinajstić information content (AvgIpc) is 3.06. The van der Waals surface area contributed by atoms with Crippen LogP contribution in [0.3, 0.4) is 0 Å². The second-order valence-corrected chi connectivity index (χ2v) is 12.6. The van der Waals surface area contributed by atoms with Crippen LogP contribution in [0.15, 0.2) is 23.1 Å². The zero-order valence-corrected chi connectivity index (χ0v) is 22.4. The number of hydrogen-bond donors (Lipinski definition) is 1. The van der Waals surface area contributed by atoms with Crippen molar-refractivity contribution in [1.29, 1.82) is 0 Å². The van der Waals surface area contributed by atoms with E-state index >= 15 is 0 Å². The Morgan fingerprint density at radius 3 is 2.39 bits per heavy atom. The summed E-state index contributed by atoms with van der Waals surface area (Å²) in [5, 5.41) is 6.09. The van der Waals surface area contributed by atoms with E-state index in [4.69, 9.17) is 5.14 Å². The van der Waals surface area contributed by atoms with E-state index in [9.17, 15) is 4.79 Å². The first-order valence-electron chi connectivity index (χ1n) is 12.5. The van der Waals surface area contributed by atoms with Gasteiger partial charge < -0.3 is 9.47 Å². The van der Waals surface area contributed by atoms with E-state index in [0.29, 0.717) is 6.42 Å². The molecule has 1 aliphatic carbocycles. The number of nitrogens with zero attached hydrogens (tertiary/aromatic N) is 2. The van der Waals surface area contributed by atoms with Gasteiger partial charge in [0.2, 0.25) is 5.91 Å². The lowest BCUT2D eigenvalue weighted by atomic mass is 9.72. The molecule has 0 radical (unpaired) electrons.